The van der Waals surface area contributed by atoms with Gasteiger partial charge in [0.2, 0.25) is 0 Å². The smallest absolute Gasteiger partial charge is 0.0406 e. The predicted molar refractivity (Wildman–Crippen MR) is 96.9 cm³/mol. The largest absolute Gasteiger partial charge is 0.309 e. The lowest BCUT2D eigenvalue weighted by atomic mass is 10.2. The Morgan fingerprint density at radius 3 is 1.59 bits per heavy atom. The van der Waals surface area contributed by atoms with Gasteiger partial charge in [-0.2, -0.15) is 0 Å². The minimum atomic E-state index is -2.20. The molecule has 0 spiro atoms. The van der Waals surface area contributed by atoms with Crippen molar-refractivity contribution in [2.45, 2.75) is 6.16 Å². The van der Waals surface area contributed by atoms with Gasteiger partial charge in [-0.25, -0.2) is 0 Å². The molecule has 3 aromatic rings. The summed E-state index contributed by atoms with van der Waals surface area (Å²) in [6.45, 7) is 0. The molecule has 0 saturated carbocycles. The Balaban J connectivity index is 2.08. The van der Waals surface area contributed by atoms with Crippen LogP contribution < -0.4 is 10.6 Å². The van der Waals surface area contributed by atoms with Crippen molar-refractivity contribution in [3.05, 3.63) is 95.5 Å². The molecule has 0 radical (unpaired) electrons. The fraction of sp³-hybridized carbons (Fsp3) is 0.0526. The summed E-state index contributed by atoms with van der Waals surface area (Å²) in [6, 6.07) is 28.2. The minimum absolute atomic E-state index is 0.720. The number of hydrogen-bond donors (Lipinski definition) is 1. The topological polar surface area (TPSA) is 23.9 Å². The Morgan fingerprint density at radius 2 is 1.14 bits per heavy atom. The van der Waals surface area contributed by atoms with Gasteiger partial charge in [0.1, 0.15) is 0 Å². The average molecular weight is 326 g/mol. The van der Waals surface area contributed by atoms with Gasteiger partial charge >= 0.3 is 0 Å². The molecule has 1 N–H and O–H groups in total. The summed E-state index contributed by atoms with van der Waals surface area (Å²) < 4.78 is 0. The fourth-order valence-corrected chi connectivity index (χ4v) is 5.47. The van der Waals surface area contributed by atoms with Crippen LogP contribution in [0.5, 0.6) is 0 Å². The molecule has 3 rings (SSSR count). The molecule has 0 heterocycles. The zero-order valence-corrected chi connectivity index (χ0v) is 13.8. The van der Waals surface area contributed by atoms with Gasteiger partial charge in [0.25, 0.3) is 0 Å². The van der Waals surface area contributed by atoms with Crippen molar-refractivity contribution in [3.63, 3.8) is 0 Å². The molecule has 0 saturated heterocycles. The standard InChI is InChI=1S/C19H17ClNP/c20-17-13-11-16(12-14-17)15-22(21,18-7-3-1-4-8-18)19-9-5-2-6-10-19/h1-14,21H,15H2. The number of benzene rings is 3. The number of nitrogens with one attached hydrogen (secondary N) is 1. The Labute approximate surface area is 136 Å². The first kappa shape index (κ1) is 15.1. The van der Waals surface area contributed by atoms with E-state index in [1.807, 2.05) is 60.7 Å². The van der Waals surface area contributed by atoms with Crippen molar-refractivity contribution in [3.8, 4) is 0 Å². The summed E-state index contributed by atoms with van der Waals surface area (Å²) in [4.78, 5) is 0. The van der Waals surface area contributed by atoms with Crippen molar-refractivity contribution in [1.82, 2.24) is 0 Å². The van der Waals surface area contributed by atoms with Gasteiger partial charge in [-0.1, -0.05) is 84.4 Å². The highest BCUT2D eigenvalue weighted by Gasteiger charge is 2.22. The lowest BCUT2D eigenvalue weighted by Gasteiger charge is -2.23. The summed E-state index contributed by atoms with van der Waals surface area (Å²) in [6.07, 6.45) is 0.720. The summed E-state index contributed by atoms with van der Waals surface area (Å²) in [7, 11) is -2.20. The second kappa shape index (κ2) is 6.52. The molecule has 1 nitrogen and oxygen atoms in total. The highest BCUT2D eigenvalue weighted by Crippen LogP contribution is 2.47. The zero-order valence-electron chi connectivity index (χ0n) is 12.1. The Kier molecular flexibility index (Phi) is 4.47. The summed E-state index contributed by atoms with van der Waals surface area (Å²) in [5, 5.41) is 12.2. The highest BCUT2D eigenvalue weighted by atomic mass is 35.5. The van der Waals surface area contributed by atoms with Crippen LogP contribution in [0.3, 0.4) is 0 Å². The van der Waals surface area contributed by atoms with Crippen molar-refractivity contribution < 1.29 is 0 Å². The maximum Gasteiger partial charge on any atom is 0.0406 e. The van der Waals surface area contributed by atoms with Crippen LogP contribution in [0.2, 0.25) is 5.02 Å². The molecule has 0 atom stereocenters. The molecule has 0 bridgehead atoms. The monoisotopic (exact) mass is 325 g/mol. The van der Waals surface area contributed by atoms with E-state index in [-0.39, 0.29) is 0 Å². The maximum atomic E-state index is 9.27. The van der Waals surface area contributed by atoms with Gasteiger partial charge in [0.05, 0.1) is 0 Å². The molecule has 0 aliphatic heterocycles. The van der Waals surface area contributed by atoms with E-state index in [2.05, 4.69) is 24.3 Å². The van der Waals surface area contributed by atoms with Crippen LogP contribution in [0.4, 0.5) is 0 Å². The third-order valence-corrected chi connectivity index (χ3v) is 7.18. The normalized spacial score (nSPS) is 11.3. The SMILES string of the molecule is N=P(Cc1ccc(Cl)cc1)(c1ccccc1)c1ccccc1. The number of rotatable bonds is 4. The molecule has 22 heavy (non-hydrogen) atoms. The molecule has 0 fully saturated rings. The molecule has 110 valence electrons. The molecular formula is C19H17ClNP. The lowest BCUT2D eigenvalue weighted by molar-refractivity contribution is 1.37. The van der Waals surface area contributed by atoms with E-state index in [4.69, 9.17) is 11.6 Å². The lowest BCUT2D eigenvalue weighted by Crippen LogP contribution is -2.17. The summed E-state index contributed by atoms with van der Waals surface area (Å²) in [5.41, 5.74) is 1.15. The fourth-order valence-electron chi connectivity index (χ4n) is 2.56. The van der Waals surface area contributed by atoms with Crippen molar-refractivity contribution in [1.29, 1.82) is 5.16 Å². The number of hydrogen-bond acceptors (Lipinski definition) is 1. The van der Waals surface area contributed by atoms with Gasteiger partial charge in [0, 0.05) is 18.2 Å². The number of halogens is 1. The van der Waals surface area contributed by atoms with Crippen LogP contribution in [-0.4, -0.2) is 0 Å². The van der Waals surface area contributed by atoms with Gasteiger partial charge in [-0.05, 0) is 28.3 Å². The zero-order chi connectivity index (χ0) is 15.4. The van der Waals surface area contributed by atoms with Crippen LogP contribution in [0.25, 0.3) is 0 Å². The Bertz CT molecular complexity index is 739. The van der Waals surface area contributed by atoms with Crippen LogP contribution >= 0.6 is 18.7 Å². The first-order valence-corrected chi connectivity index (χ1v) is 9.52. The summed E-state index contributed by atoms with van der Waals surface area (Å²) >= 11 is 5.98. The van der Waals surface area contributed by atoms with Crippen LogP contribution in [0.15, 0.2) is 84.9 Å². The van der Waals surface area contributed by atoms with E-state index in [0.29, 0.717) is 0 Å². The van der Waals surface area contributed by atoms with Crippen molar-refractivity contribution in [2.75, 3.05) is 0 Å². The van der Waals surface area contributed by atoms with Crippen molar-refractivity contribution in [2.24, 2.45) is 0 Å². The Morgan fingerprint density at radius 1 is 0.682 bits per heavy atom. The van der Waals surface area contributed by atoms with Gasteiger partial charge in [-0.15, -0.1) is 0 Å². The molecule has 0 unspecified atom stereocenters. The van der Waals surface area contributed by atoms with Crippen molar-refractivity contribution >= 4 is 29.3 Å². The van der Waals surface area contributed by atoms with E-state index in [1.165, 1.54) is 0 Å². The van der Waals surface area contributed by atoms with Gasteiger partial charge in [-0.3, -0.25) is 0 Å². The van der Waals surface area contributed by atoms with Crippen LogP contribution in [-0.2, 0) is 6.16 Å². The molecule has 3 heteroatoms. The molecule has 0 amide bonds. The second-order valence-electron chi connectivity index (χ2n) is 5.27. The molecule has 0 aromatic heterocycles. The summed E-state index contributed by atoms with van der Waals surface area (Å²) in [5.74, 6) is 0. The van der Waals surface area contributed by atoms with E-state index in [1.54, 1.807) is 0 Å². The minimum Gasteiger partial charge on any atom is -0.309 e. The third-order valence-electron chi connectivity index (χ3n) is 3.73. The highest BCUT2D eigenvalue weighted by molar-refractivity contribution is 7.79. The van der Waals surface area contributed by atoms with E-state index >= 15 is 0 Å². The third kappa shape index (κ3) is 3.16. The molecule has 0 aliphatic rings. The first-order valence-electron chi connectivity index (χ1n) is 7.17. The van der Waals surface area contributed by atoms with E-state index < -0.39 is 7.05 Å². The van der Waals surface area contributed by atoms with Crippen LogP contribution in [0, 0.1) is 5.16 Å². The quantitative estimate of drug-likeness (QED) is 0.632. The first-order chi connectivity index (χ1) is 10.7. The van der Waals surface area contributed by atoms with Crippen LogP contribution in [0.1, 0.15) is 5.56 Å². The van der Waals surface area contributed by atoms with E-state index in [9.17, 15) is 5.16 Å². The molecule has 0 aliphatic carbocycles. The molecule has 3 aromatic carbocycles. The van der Waals surface area contributed by atoms with E-state index in [0.717, 1.165) is 27.4 Å². The van der Waals surface area contributed by atoms with Gasteiger partial charge in [0.15, 0.2) is 0 Å². The maximum absolute atomic E-state index is 9.27. The van der Waals surface area contributed by atoms with Gasteiger partial charge < -0.3 is 5.16 Å². The molecular weight excluding hydrogens is 309 g/mol. The average Bonchev–Trinajstić information content (AvgIpc) is 2.58. The predicted octanol–water partition coefficient (Wildman–Crippen LogP) is 5.27. The Hall–Kier alpha value is -1.82. The second-order valence-corrected chi connectivity index (χ2v) is 8.67.